The molecule has 3 aliphatic heterocycles. The molecule has 3 heterocycles. The van der Waals surface area contributed by atoms with Crippen LogP contribution in [0.1, 0.15) is 59.8 Å². The number of nitrogens with one attached hydrogen (secondary N) is 1. The van der Waals surface area contributed by atoms with E-state index in [1.165, 1.54) is 12.1 Å². The highest BCUT2D eigenvalue weighted by Crippen LogP contribution is 2.32. The molecule has 1 saturated heterocycles. The Hall–Kier alpha value is -4.66. The number of amides is 6. The van der Waals surface area contributed by atoms with E-state index in [0.717, 1.165) is 15.2 Å². The molecule has 35 heavy (non-hydrogen) atoms. The molecule has 0 saturated carbocycles. The third-order valence-electron chi connectivity index (χ3n) is 6.70. The minimum absolute atomic E-state index is 0.0302. The summed E-state index contributed by atoms with van der Waals surface area (Å²) in [6.07, 6.45) is 0.0905. The summed E-state index contributed by atoms with van der Waals surface area (Å²) in [4.78, 5) is 78.1. The van der Waals surface area contributed by atoms with Crippen LogP contribution in [-0.4, -0.2) is 51.3 Å². The molecule has 6 amide bonds. The normalized spacial score (nSPS) is 19.5. The molecule has 1 fully saturated rings. The van der Waals surface area contributed by atoms with Gasteiger partial charge in [0.2, 0.25) is 11.8 Å². The fraction of sp³-hybridized carbons (Fsp3) is 0.154. The zero-order valence-corrected chi connectivity index (χ0v) is 18.2. The van der Waals surface area contributed by atoms with Crippen LogP contribution in [0.2, 0.25) is 0 Å². The minimum atomic E-state index is -1.06. The molecule has 0 aliphatic carbocycles. The first-order chi connectivity index (χ1) is 16.8. The van der Waals surface area contributed by atoms with Gasteiger partial charge in [0, 0.05) is 22.9 Å². The van der Waals surface area contributed by atoms with E-state index in [9.17, 15) is 28.8 Å². The number of fused-ring (bicyclic) bond motifs is 1. The maximum atomic E-state index is 13.2. The molecule has 6 rings (SSSR count). The summed E-state index contributed by atoms with van der Waals surface area (Å²) in [6, 6.07) is 14.0. The van der Waals surface area contributed by atoms with Crippen molar-refractivity contribution in [3.05, 3.63) is 82.4 Å². The number of piperidine rings is 1. The highest BCUT2D eigenvalue weighted by atomic mass is 16.2. The molecule has 3 aliphatic rings. The van der Waals surface area contributed by atoms with Crippen molar-refractivity contribution in [1.29, 1.82) is 0 Å². The third kappa shape index (κ3) is 3.01. The van der Waals surface area contributed by atoms with Crippen LogP contribution in [0, 0.1) is 0 Å². The average molecular weight is 467 g/mol. The molecule has 0 aromatic heterocycles. The van der Waals surface area contributed by atoms with Gasteiger partial charge in [-0.3, -0.25) is 43.9 Å². The number of hydrogen-bond acceptors (Lipinski definition) is 6. The molecule has 1 atom stereocenters. The fourth-order valence-electron chi connectivity index (χ4n) is 5.02. The van der Waals surface area contributed by atoms with Crippen molar-refractivity contribution < 1.29 is 28.8 Å². The topological polar surface area (TPSA) is 121 Å². The van der Waals surface area contributed by atoms with Gasteiger partial charge in [-0.05, 0) is 41.6 Å². The van der Waals surface area contributed by atoms with Gasteiger partial charge in [0.05, 0.1) is 17.7 Å². The van der Waals surface area contributed by atoms with Gasteiger partial charge >= 0.3 is 0 Å². The Bertz CT molecular complexity index is 1490. The summed E-state index contributed by atoms with van der Waals surface area (Å²) in [6.45, 7) is -0.0877. The SMILES string of the molecule is O=C1CCC(N2C(=O)c3ccc(CN4C(=O)c5cccc6cccc(c56)C4=O)cc3C2=O)C(=O)N1. The van der Waals surface area contributed by atoms with E-state index in [-0.39, 0.29) is 30.5 Å². The lowest BCUT2D eigenvalue weighted by molar-refractivity contribution is -0.136. The van der Waals surface area contributed by atoms with E-state index in [1.54, 1.807) is 30.3 Å². The summed E-state index contributed by atoms with van der Waals surface area (Å²) >= 11 is 0. The standard InChI is InChI=1S/C26H17N3O6/c30-20-10-9-19(22(31)27-20)29-25(34)15-8-7-13(11-18(15)26(29)35)12-28-23(32)16-5-1-3-14-4-2-6-17(21(14)16)24(28)33/h1-8,11,19H,9-10,12H2,(H,27,30,31). The quantitative estimate of drug-likeness (QED) is 0.589. The first kappa shape index (κ1) is 20.9. The Morgan fingerprint density at radius 2 is 1.40 bits per heavy atom. The Balaban J connectivity index is 1.31. The average Bonchev–Trinajstić information content (AvgIpc) is 3.09. The van der Waals surface area contributed by atoms with Crippen LogP contribution in [0.15, 0.2) is 54.6 Å². The van der Waals surface area contributed by atoms with Crippen LogP contribution in [0.3, 0.4) is 0 Å². The minimum Gasteiger partial charge on any atom is -0.295 e. The Kier molecular flexibility index (Phi) is 4.44. The monoisotopic (exact) mass is 467 g/mol. The molecular weight excluding hydrogens is 450 g/mol. The number of carbonyl (C=O) groups is 6. The summed E-state index contributed by atoms with van der Waals surface area (Å²) in [7, 11) is 0. The van der Waals surface area contributed by atoms with Crippen molar-refractivity contribution in [1.82, 2.24) is 15.1 Å². The van der Waals surface area contributed by atoms with E-state index in [4.69, 9.17) is 0 Å². The fourth-order valence-corrected chi connectivity index (χ4v) is 5.02. The maximum absolute atomic E-state index is 13.2. The number of nitrogens with zero attached hydrogens (tertiary/aromatic N) is 2. The van der Waals surface area contributed by atoms with E-state index >= 15 is 0 Å². The van der Waals surface area contributed by atoms with Gasteiger partial charge in [-0.25, -0.2) is 0 Å². The number of rotatable bonds is 3. The van der Waals surface area contributed by atoms with E-state index in [1.807, 2.05) is 12.1 Å². The van der Waals surface area contributed by atoms with Crippen LogP contribution in [0.25, 0.3) is 10.8 Å². The Morgan fingerprint density at radius 3 is 2.06 bits per heavy atom. The molecule has 1 N–H and O–H groups in total. The lowest BCUT2D eigenvalue weighted by Gasteiger charge is -2.27. The van der Waals surface area contributed by atoms with Crippen LogP contribution in [0.5, 0.6) is 0 Å². The zero-order chi connectivity index (χ0) is 24.4. The molecule has 9 heteroatoms. The van der Waals surface area contributed by atoms with Crippen molar-refractivity contribution in [2.75, 3.05) is 0 Å². The molecule has 9 nitrogen and oxygen atoms in total. The van der Waals surface area contributed by atoms with E-state index in [2.05, 4.69) is 5.32 Å². The van der Waals surface area contributed by atoms with Crippen molar-refractivity contribution in [3.63, 3.8) is 0 Å². The number of imide groups is 3. The number of benzene rings is 3. The van der Waals surface area contributed by atoms with Crippen LogP contribution >= 0.6 is 0 Å². The van der Waals surface area contributed by atoms with Crippen molar-refractivity contribution in [3.8, 4) is 0 Å². The van der Waals surface area contributed by atoms with E-state index in [0.29, 0.717) is 22.1 Å². The lowest BCUT2D eigenvalue weighted by atomic mass is 9.93. The van der Waals surface area contributed by atoms with Crippen molar-refractivity contribution >= 4 is 46.2 Å². The molecular formula is C26H17N3O6. The smallest absolute Gasteiger partial charge is 0.262 e. The molecule has 172 valence electrons. The second kappa shape index (κ2) is 7.42. The van der Waals surface area contributed by atoms with Gasteiger partial charge < -0.3 is 0 Å². The molecule has 0 radical (unpaired) electrons. The van der Waals surface area contributed by atoms with Crippen LogP contribution in [0.4, 0.5) is 0 Å². The van der Waals surface area contributed by atoms with Crippen molar-refractivity contribution in [2.45, 2.75) is 25.4 Å². The molecule has 3 aromatic carbocycles. The van der Waals surface area contributed by atoms with Crippen molar-refractivity contribution in [2.24, 2.45) is 0 Å². The second-order valence-corrected chi connectivity index (χ2v) is 8.73. The predicted molar refractivity (Wildman–Crippen MR) is 121 cm³/mol. The summed E-state index contributed by atoms with van der Waals surface area (Å²) < 4.78 is 0. The third-order valence-corrected chi connectivity index (χ3v) is 6.70. The van der Waals surface area contributed by atoms with Gasteiger partial charge in [0.25, 0.3) is 23.6 Å². The zero-order valence-electron chi connectivity index (χ0n) is 18.2. The van der Waals surface area contributed by atoms with Gasteiger partial charge in [-0.2, -0.15) is 0 Å². The van der Waals surface area contributed by atoms with Gasteiger partial charge in [0.1, 0.15) is 6.04 Å². The summed E-state index contributed by atoms with van der Waals surface area (Å²) in [5.41, 5.74) is 1.57. The molecule has 3 aromatic rings. The van der Waals surface area contributed by atoms with E-state index < -0.39 is 41.5 Å². The van der Waals surface area contributed by atoms with Gasteiger partial charge in [-0.1, -0.05) is 30.3 Å². The predicted octanol–water partition coefficient (Wildman–Crippen LogP) is 2.04. The first-order valence-corrected chi connectivity index (χ1v) is 11.1. The Morgan fingerprint density at radius 1 is 0.743 bits per heavy atom. The van der Waals surface area contributed by atoms with Gasteiger partial charge in [0.15, 0.2) is 0 Å². The number of carbonyl (C=O) groups excluding carboxylic acids is 6. The second-order valence-electron chi connectivity index (χ2n) is 8.73. The van der Waals surface area contributed by atoms with Crippen LogP contribution < -0.4 is 5.32 Å². The maximum Gasteiger partial charge on any atom is 0.262 e. The molecule has 0 bridgehead atoms. The van der Waals surface area contributed by atoms with Crippen LogP contribution in [-0.2, 0) is 16.1 Å². The largest absolute Gasteiger partial charge is 0.295 e. The Labute approximate surface area is 198 Å². The van der Waals surface area contributed by atoms with Gasteiger partial charge in [-0.15, -0.1) is 0 Å². The highest BCUT2D eigenvalue weighted by Gasteiger charge is 2.44. The molecule has 1 unspecified atom stereocenters. The highest BCUT2D eigenvalue weighted by molar-refractivity contribution is 6.26. The lowest BCUT2D eigenvalue weighted by Crippen LogP contribution is -2.54. The summed E-state index contributed by atoms with van der Waals surface area (Å²) in [5, 5.41) is 3.58. The number of hydrogen-bond donors (Lipinski definition) is 1. The summed E-state index contributed by atoms with van der Waals surface area (Å²) in [5.74, 6) is -3.27. The first-order valence-electron chi connectivity index (χ1n) is 11.1. The molecule has 0 spiro atoms.